The molecule has 3 aliphatic rings. The van der Waals surface area contributed by atoms with Crippen LogP contribution < -0.4 is 9.68 Å². The summed E-state index contributed by atoms with van der Waals surface area (Å²) in [6.07, 6.45) is 2.09. The van der Waals surface area contributed by atoms with Gasteiger partial charge < -0.3 is 9.64 Å². The van der Waals surface area contributed by atoms with Gasteiger partial charge in [0.2, 0.25) is 0 Å². The lowest BCUT2D eigenvalue weighted by atomic mass is 9.84. The van der Waals surface area contributed by atoms with Gasteiger partial charge in [-0.1, -0.05) is 68.4 Å². The average Bonchev–Trinajstić information content (AvgIpc) is 3.38. The van der Waals surface area contributed by atoms with E-state index in [-0.39, 0.29) is 5.41 Å². The zero-order chi connectivity index (χ0) is 24.8. The van der Waals surface area contributed by atoms with Crippen LogP contribution in [0.15, 0.2) is 106 Å². The van der Waals surface area contributed by atoms with E-state index in [1.807, 2.05) is 6.07 Å². The summed E-state index contributed by atoms with van der Waals surface area (Å²) in [4.78, 5) is 2.36. The Kier molecular flexibility index (Phi) is 5.83. The first kappa shape index (κ1) is 23.2. The number of hydrazone groups is 1. The molecule has 0 spiro atoms. The second-order valence-electron chi connectivity index (χ2n) is 9.87. The predicted molar refractivity (Wildman–Crippen MR) is 150 cm³/mol. The molecule has 1 fully saturated rings. The highest BCUT2D eigenvalue weighted by atomic mass is 31.2. The minimum Gasteiger partial charge on any atom is -0.379 e. The first-order valence-corrected chi connectivity index (χ1v) is 14.2. The largest absolute Gasteiger partial charge is 0.379 e. The summed E-state index contributed by atoms with van der Waals surface area (Å²) >= 11 is 0. The lowest BCUT2D eigenvalue weighted by Gasteiger charge is -2.42. The average molecular weight is 498 g/mol. The van der Waals surface area contributed by atoms with E-state index in [9.17, 15) is 0 Å². The van der Waals surface area contributed by atoms with Crippen LogP contribution in [-0.2, 0) is 10.2 Å². The van der Waals surface area contributed by atoms with Crippen molar-refractivity contribution in [2.45, 2.75) is 19.3 Å². The summed E-state index contributed by atoms with van der Waals surface area (Å²) in [5.74, 6) is 0. The number of benzene rings is 3. The third-order valence-corrected chi connectivity index (χ3v) is 10.9. The van der Waals surface area contributed by atoms with Crippen molar-refractivity contribution in [2.75, 3.05) is 43.0 Å². The van der Waals surface area contributed by atoms with Crippen LogP contribution in [0.5, 0.6) is 0 Å². The maximum absolute atomic E-state index is 5.82. The molecule has 6 nitrogen and oxygen atoms in total. The normalized spacial score (nSPS) is 25.3. The van der Waals surface area contributed by atoms with Crippen molar-refractivity contribution in [2.24, 2.45) is 9.85 Å². The Bertz CT molecular complexity index is 1380. The molecular weight excluding hydrogens is 465 g/mol. The standard InChI is InChI=1S/C29H32N5OP/c1-29(2)25-16-10-11-17-26(25)32(3)28(29)27-22-30-34(24-14-8-5-9-15-24)36(27,33-18-20-35-21-19-33)31-23-12-6-4-7-13-23/h4-17,22H,18-21H2,1-3H3. The Hall–Kier alpha value is -3.18. The predicted octanol–water partition coefficient (Wildman–Crippen LogP) is 6.83. The van der Waals surface area contributed by atoms with E-state index in [0.29, 0.717) is 13.2 Å². The van der Waals surface area contributed by atoms with Crippen LogP contribution in [-0.4, -0.2) is 44.2 Å². The van der Waals surface area contributed by atoms with Gasteiger partial charge >= 0.3 is 0 Å². The van der Waals surface area contributed by atoms with Crippen LogP contribution >= 0.6 is 7.36 Å². The molecule has 1 unspecified atom stereocenters. The summed E-state index contributed by atoms with van der Waals surface area (Å²) < 4.78 is 16.2. The van der Waals surface area contributed by atoms with Gasteiger partial charge in [0.05, 0.1) is 36.1 Å². The van der Waals surface area contributed by atoms with Gasteiger partial charge in [0.25, 0.3) is 0 Å². The van der Waals surface area contributed by atoms with Gasteiger partial charge in [0, 0.05) is 36.9 Å². The van der Waals surface area contributed by atoms with Gasteiger partial charge in [0.15, 0.2) is 7.36 Å². The number of hydrogen-bond donors (Lipinski definition) is 0. The molecule has 1 saturated heterocycles. The first-order chi connectivity index (χ1) is 17.5. The van der Waals surface area contributed by atoms with Crippen molar-refractivity contribution < 1.29 is 4.74 Å². The second kappa shape index (κ2) is 9.04. The van der Waals surface area contributed by atoms with Gasteiger partial charge in [-0.3, -0.25) is 0 Å². The highest BCUT2D eigenvalue weighted by Crippen LogP contribution is 2.70. The van der Waals surface area contributed by atoms with Crippen LogP contribution in [0.25, 0.3) is 0 Å². The fraction of sp³-hybridized carbons (Fsp3) is 0.276. The number of fused-ring (bicyclic) bond motifs is 1. The number of nitrogens with zero attached hydrogens (tertiary/aromatic N) is 5. The van der Waals surface area contributed by atoms with Crippen molar-refractivity contribution >= 4 is 30.6 Å². The Morgan fingerprint density at radius 2 is 1.50 bits per heavy atom. The zero-order valence-corrected chi connectivity index (χ0v) is 22.0. The van der Waals surface area contributed by atoms with Crippen LogP contribution in [0.1, 0.15) is 19.4 Å². The Morgan fingerprint density at radius 1 is 0.861 bits per heavy atom. The maximum Gasteiger partial charge on any atom is 0.180 e. The summed E-state index contributed by atoms with van der Waals surface area (Å²) in [6.45, 7) is 7.66. The fourth-order valence-electron chi connectivity index (χ4n) is 5.73. The SMILES string of the molecule is CN1C(=C2C=NN(c3ccccc3)P2(=Nc2ccccc2)N2CCOCC2)C(C)(C)c2ccccc21. The number of likely N-dealkylation sites (N-methyl/N-ethyl adjacent to an activating group) is 1. The van der Waals surface area contributed by atoms with E-state index in [1.165, 1.54) is 22.3 Å². The molecule has 3 heterocycles. The third-order valence-electron chi connectivity index (χ3n) is 7.37. The minimum atomic E-state index is -2.55. The molecule has 0 aromatic heterocycles. The fourth-order valence-corrected chi connectivity index (χ4v) is 9.54. The van der Waals surface area contributed by atoms with Crippen molar-refractivity contribution in [1.29, 1.82) is 0 Å². The third kappa shape index (κ3) is 3.55. The van der Waals surface area contributed by atoms with E-state index >= 15 is 0 Å². The molecule has 0 amide bonds. The van der Waals surface area contributed by atoms with Gasteiger partial charge in [-0.15, -0.1) is 0 Å². The van der Waals surface area contributed by atoms with E-state index < -0.39 is 7.36 Å². The van der Waals surface area contributed by atoms with Crippen molar-refractivity contribution in [3.8, 4) is 0 Å². The number of rotatable bonds is 3. The van der Waals surface area contributed by atoms with E-state index in [0.717, 1.165) is 24.5 Å². The summed E-state index contributed by atoms with van der Waals surface area (Å²) in [5, 5.41) is 6.33. The zero-order valence-electron chi connectivity index (χ0n) is 21.1. The number of hydrogen-bond acceptors (Lipinski definition) is 4. The smallest absolute Gasteiger partial charge is 0.180 e. The van der Waals surface area contributed by atoms with E-state index in [4.69, 9.17) is 14.6 Å². The molecule has 1 atom stereocenters. The van der Waals surface area contributed by atoms with Gasteiger partial charge in [-0.2, -0.15) is 5.10 Å². The Labute approximate surface area is 213 Å². The summed E-state index contributed by atoms with van der Waals surface area (Å²) in [5.41, 5.74) is 5.68. The van der Waals surface area contributed by atoms with Crippen molar-refractivity contribution in [1.82, 2.24) is 4.67 Å². The summed E-state index contributed by atoms with van der Waals surface area (Å²) in [7, 11) is -0.368. The van der Waals surface area contributed by atoms with Gasteiger partial charge in [-0.25, -0.2) is 14.2 Å². The van der Waals surface area contributed by atoms with Crippen LogP contribution in [0, 0.1) is 0 Å². The number of allylic oxidation sites excluding steroid dienone is 2. The molecule has 0 N–H and O–H groups in total. The quantitative estimate of drug-likeness (QED) is 0.372. The molecule has 3 aromatic carbocycles. The lowest BCUT2D eigenvalue weighted by Crippen LogP contribution is -2.38. The van der Waals surface area contributed by atoms with Crippen LogP contribution in [0.3, 0.4) is 0 Å². The maximum atomic E-state index is 5.82. The molecule has 0 saturated carbocycles. The highest BCUT2D eigenvalue weighted by molar-refractivity contribution is 7.71. The van der Waals surface area contributed by atoms with E-state index in [2.05, 4.69) is 120 Å². The number of para-hydroxylation sites is 2. The Morgan fingerprint density at radius 3 is 2.19 bits per heavy atom. The molecular formula is C29H32N5OP. The van der Waals surface area contributed by atoms with Gasteiger partial charge in [0.1, 0.15) is 0 Å². The number of morpholine rings is 1. The molecule has 3 aromatic rings. The Balaban J connectivity index is 1.68. The lowest BCUT2D eigenvalue weighted by molar-refractivity contribution is 0.0743. The monoisotopic (exact) mass is 497 g/mol. The molecule has 36 heavy (non-hydrogen) atoms. The minimum absolute atomic E-state index is 0.191. The molecule has 184 valence electrons. The topological polar surface area (TPSA) is 43.7 Å². The molecule has 3 aliphatic heterocycles. The van der Waals surface area contributed by atoms with Crippen LogP contribution in [0.2, 0.25) is 0 Å². The number of anilines is 2. The van der Waals surface area contributed by atoms with Crippen LogP contribution in [0.4, 0.5) is 17.1 Å². The molecule has 6 rings (SSSR count). The molecule has 0 radical (unpaired) electrons. The van der Waals surface area contributed by atoms with Crippen molar-refractivity contribution in [3.63, 3.8) is 0 Å². The van der Waals surface area contributed by atoms with Gasteiger partial charge in [-0.05, 0) is 35.9 Å². The summed E-state index contributed by atoms with van der Waals surface area (Å²) in [6, 6.07) is 29.6. The second-order valence-corrected chi connectivity index (χ2v) is 12.6. The highest BCUT2D eigenvalue weighted by Gasteiger charge is 2.49. The first-order valence-electron chi connectivity index (χ1n) is 12.5. The molecule has 0 aliphatic carbocycles. The number of ether oxygens (including phenoxy) is 1. The molecule has 0 bridgehead atoms. The molecule has 7 heteroatoms. The van der Waals surface area contributed by atoms with Crippen molar-refractivity contribution in [3.05, 3.63) is 102 Å². The van der Waals surface area contributed by atoms with E-state index in [1.54, 1.807) is 0 Å².